The van der Waals surface area contributed by atoms with Crippen LogP contribution in [-0.4, -0.2) is 7.11 Å². The zero-order valence-corrected chi connectivity index (χ0v) is 11.2. The molecular weight excluding hydrogens is 302 g/mol. The summed E-state index contributed by atoms with van der Waals surface area (Å²) in [4.78, 5) is -0.132. The van der Waals surface area contributed by atoms with Crippen molar-refractivity contribution in [1.29, 1.82) is 0 Å². The molecule has 0 aromatic heterocycles. The van der Waals surface area contributed by atoms with Crippen LogP contribution in [0.1, 0.15) is 16.0 Å². The van der Waals surface area contributed by atoms with Gasteiger partial charge in [-0.3, -0.25) is 0 Å². The summed E-state index contributed by atoms with van der Waals surface area (Å²) in [6.45, 7) is 0. The lowest BCUT2D eigenvalue weighted by atomic mass is 10.0. The van der Waals surface area contributed by atoms with Gasteiger partial charge >= 0.3 is 0 Å². The fourth-order valence-corrected chi connectivity index (χ4v) is 2.25. The maximum Gasteiger partial charge on any atom is 0.165 e. The summed E-state index contributed by atoms with van der Waals surface area (Å²) in [7, 11) is 1.42. The van der Waals surface area contributed by atoms with Crippen molar-refractivity contribution in [2.75, 3.05) is 7.11 Å². The zero-order valence-electron chi connectivity index (χ0n) is 9.66. The van der Waals surface area contributed by atoms with E-state index in [1.807, 2.05) is 0 Å². The third-order valence-electron chi connectivity index (χ3n) is 2.63. The van der Waals surface area contributed by atoms with E-state index in [0.29, 0.717) is 0 Å². The van der Waals surface area contributed by atoms with Crippen molar-refractivity contribution < 1.29 is 13.5 Å². The van der Waals surface area contributed by atoms with E-state index in [9.17, 15) is 8.78 Å². The molecule has 0 aliphatic heterocycles. The van der Waals surface area contributed by atoms with Gasteiger partial charge in [0.2, 0.25) is 0 Å². The van der Waals surface area contributed by atoms with E-state index in [4.69, 9.17) is 4.74 Å². The summed E-state index contributed by atoms with van der Waals surface area (Å²) in [5.41, 5.74) is 1.74. The average molecular weight is 313 g/mol. The zero-order chi connectivity index (χ0) is 13.1. The molecule has 94 valence electrons. The molecule has 0 radical (unpaired) electrons. The topological polar surface area (TPSA) is 9.23 Å². The molecule has 0 bridgehead atoms. The van der Waals surface area contributed by atoms with E-state index in [2.05, 4.69) is 15.9 Å². The van der Waals surface area contributed by atoms with Crippen LogP contribution in [0.2, 0.25) is 0 Å². The van der Waals surface area contributed by atoms with Crippen LogP contribution in [0.25, 0.3) is 0 Å². The Bertz CT molecular complexity index is 540. The van der Waals surface area contributed by atoms with Gasteiger partial charge < -0.3 is 4.74 Å². The second-order valence-electron chi connectivity index (χ2n) is 3.81. The lowest BCUT2D eigenvalue weighted by Gasteiger charge is -2.12. The highest BCUT2D eigenvalue weighted by molar-refractivity contribution is 9.09. The average Bonchev–Trinajstić information content (AvgIpc) is 2.39. The fraction of sp³-hybridized carbons (Fsp3) is 0.143. The smallest absolute Gasteiger partial charge is 0.165 e. The number of hydrogen-bond acceptors (Lipinski definition) is 1. The Labute approximate surface area is 113 Å². The summed E-state index contributed by atoms with van der Waals surface area (Å²) in [5.74, 6) is -0.491. The van der Waals surface area contributed by atoms with Crippen LogP contribution in [0, 0.1) is 11.6 Å². The number of methoxy groups -OCH3 is 1. The molecule has 0 N–H and O–H groups in total. The monoisotopic (exact) mass is 312 g/mol. The Hall–Kier alpha value is -1.42. The van der Waals surface area contributed by atoms with Crippen molar-refractivity contribution >= 4 is 15.9 Å². The molecule has 1 nitrogen and oxygen atoms in total. The second kappa shape index (κ2) is 5.48. The number of ether oxygens (including phenoxy) is 1. The van der Waals surface area contributed by atoms with Gasteiger partial charge in [0.1, 0.15) is 5.82 Å². The molecule has 0 heterocycles. The SMILES string of the molecule is COc1cc(C(Br)c2ccc(F)cc2)ccc1F. The number of benzene rings is 2. The maximum atomic E-state index is 13.3. The van der Waals surface area contributed by atoms with E-state index in [-0.39, 0.29) is 16.4 Å². The lowest BCUT2D eigenvalue weighted by Crippen LogP contribution is -1.96. The third kappa shape index (κ3) is 2.70. The summed E-state index contributed by atoms with van der Waals surface area (Å²) in [6.07, 6.45) is 0. The van der Waals surface area contributed by atoms with Gasteiger partial charge in [-0.2, -0.15) is 0 Å². The first-order chi connectivity index (χ1) is 8.61. The minimum absolute atomic E-state index is 0.132. The van der Waals surface area contributed by atoms with Gasteiger partial charge in [0, 0.05) is 0 Å². The Balaban J connectivity index is 2.33. The molecule has 4 heteroatoms. The molecule has 0 fully saturated rings. The highest BCUT2D eigenvalue weighted by atomic mass is 79.9. The molecule has 0 amide bonds. The van der Waals surface area contributed by atoms with Crippen molar-refractivity contribution in [2.45, 2.75) is 4.83 Å². The predicted molar refractivity (Wildman–Crippen MR) is 70.1 cm³/mol. The Kier molecular flexibility index (Phi) is 3.97. The van der Waals surface area contributed by atoms with Gasteiger partial charge in [-0.15, -0.1) is 0 Å². The van der Waals surface area contributed by atoms with E-state index in [1.165, 1.54) is 25.3 Å². The highest BCUT2D eigenvalue weighted by Crippen LogP contribution is 2.33. The number of rotatable bonds is 3. The van der Waals surface area contributed by atoms with Crippen molar-refractivity contribution in [3.63, 3.8) is 0 Å². The molecule has 0 saturated carbocycles. The first kappa shape index (κ1) is 13.0. The second-order valence-corrected chi connectivity index (χ2v) is 4.72. The van der Waals surface area contributed by atoms with Crippen LogP contribution in [0.5, 0.6) is 5.75 Å². The molecule has 0 aliphatic carbocycles. The molecule has 0 saturated heterocycles. The molecular formula is C14H11BrF2O. The fourth-order valence-electron chi connectivity index (χ4n) is 1.66. The standard InChI is InChI=1S/C14H11BrF2O/c1-18-13-8-10(4-7-12(13)17)14(15)9-2-5-11(16)6-3-9/h2-8,14H,1H3. The largest absolute Gasteiger partial charge is 0.494 e. The van der Waals surface area contributed by atoms with Crippen LogP contribution >= 0.6 is 15.9 Å². The van der Waals surface area contributed by atoms with Gasteiger partial charge in [-0.05, 0) is 35.4 Å². The highest BCUT2D eigenvalue weighted by Gasteiger charge is 2.13. The van der Waals surface area contributed by atoms with Crippen LogP contribution < -0.4 is 4.74 Å². The maximum absolute atomic E-state index is 13.3. The summed E-state index contributed by atoms with van der Waals surface area (Å²) < 4.78 is 31.1. The van der Waals surface area contributed by atoms with Crippen molar-refractivity contribution in [3.8, 4) is 5.75 Å². The number of alkyl halides is 1. The Morgan fingerprint density at radius 3 is 2.22 bits per heavy atom. The van der Waals surface area contributed by atoms with Gasteiger partial charge in [0.15, 0.2) is 11.6 Å². The van der Waals surface area contributed by atoms with Gasteiger partial charge in [0.25, 0.3) is 0 Å². The summed E-state index contributed by atoms with van der Waals surface area (Å²) in [5, 5.41) is 0. The molecule has 0 aliphatic rings. The molecule has 2 aromatic rings. The van der Waals surface area contributed by atoms with Crippen LogP contribution in [0.4, 0.5) is 8.78 Å². The summed E-state index contributed by atoms with van der Waals surface area (Å²) >= 11 is 3.51. The molecule has 0 spiro atoms. The van der Waals surface area contributed by atoms with Crippen LogP contribution in [0.3, 0.4) is 0 Å². The minimum atomic E-state index is -0.403. The lowest BCUT2D eigenvalue weighted by molar-refractivity contribution is 0.386. The third-order valence-corrected chi connectivity index (χ3v) is 3.69. The number of halogens is 3. The van der Waals surface area contributed by atoms with Crippen molar-refractivity contribution in [3.05, 3.63) is 65.2 Å². The Morgan fingerprint density at radius 2 is 1.61 bits per heavy atom. The van der Waals surface area contributed by atoms with Crippen LogP contribution in [0.15, 0.2) is 42.5 Å². The minimum Gasteiger partial charge on any atom is -0.494 e. The molecule has 2 rings (SSSR count). The molecule has 1 unspecified atom stereocenters. The molecule has 1 atom stereocenters. The van der Waals surface area contributed by atoms with E-state index in [1.54, 1.807) is 24.3 Å². The van der Waals surface area contributed by atoms with Crippen molar-refractivity contribution in [2.24, 2.45) is 0 Å². The Morgan fingerprint density at radius 1 is 1.00 bits per heavy atom. The summed E-state index contributed by atoms with van der Waals surface area (Å²) in [6, 6.07) is 10.8. The molecule has 2 aromatic carbocycles. The van der Waals surface area contributed by atoms with Gasteiger partial charge in [-0.1, -0.05) is 34.1 Å². The van der Waals surface area contributed by atoms with Gasteiger partial charge in [-0.25, -0.2) is 8.78 Å². The normalized spacial score (nSPS) is 12.2. The molecule has 18 heavy (non-hydrogen) atoms. The predicted octanol–water partition coefficient (Wildman–Crippen LogP) is 4.46. The first-order valence-corrected chi connectivity index (χ1v) is 6.26. The first-order valence-electron chi connectivity index (χ1n) is 5.35. The quantitative estimate of drug-likeness (QED) is 0.760. The number of hydrogen-bond donors (Lipinski definition) is 0. The van der Waals surface area contributed by atoms with E-state index < -0.39 is 5.82 Å². The van der Waals surface area contributed by atoms with E-state index >= 15 is 0 Å². The van der Waals surface area contributed by atoms with E-state index in [0.717, 1.165) is 11.1 Å². The van der Waals surface area contributed by atoms with Crippen LogP contribution in [-0.2, 0) is 0 Å². The van der Waals surface area contributed by atoms with Gasteiger partial charge in [0.05, 0.1) is 11.9 Å². The van der Waals surface area contributed by atoms with Crippen molar-refractivity contribution in [1.82, 2.24) is 0 Å².